The number of fused-ring (bicyclic) bond motifs is 1. The topological polar surface area (TPSA) is 38.3 Å². The molecule has 26 heavy (non-hydrogen) atoms. The summed E-state index contributed by atoms with van der Waals surface area (Å²) in [6.07, 6.45) is 2.66. The van der Waals surface area contributed by atoms with Gasteiger partial charge in [0.1, 0.15) is 5.75 Å². The molecule has 0 unspecified atom stereocenters. The molecule has 2 atom stereocenters. The van der Waals surface area contributed by atoms with Gasteiger partial charge < -0.3 is 10.1 Å². The molecule has 0 radical (unpaired) electrons. The molecule has 1 N–H and O–H groups in total. The number of carbonyl (C=O) groups is 1. The fourth-order valence-electron chi connectivity index (χ4n) is 3.66. The van der Waals surface area contributed by atoms with Crippen molar-refractivity contribution in [3.05, 3.63) is 64.7 Å². The van der Waals surface area contributed by atoms with Crippen LogP contribution in [0.4, 0.5) is 0 Å². The zero-order valence-corrected chi connectivity index (χ0v) is 16.2. The van der Waals surface area contributed by atoms with Gasteiger partial charge in [-0.3, -0.25) is 4.79 Å². The SMILES string of the molecule is Cc1ccc(C(C)C)c(O[C@H](C)C(=O)N[C@H]2CCCc3ccccc32)c1. The second-order valence-electron chi connectivity index (χ2n) is 7.61. The third-order valence-electron chi connectivity index (χ3n) is 5.15. The van der Waals surface area contributed by atoms with Crippen LogP contribution in [0.5, 0.6) is 5.75 Å². The van der Waals surface area contributed by atoms with Crippen LogP contribution < -0.4 is 10.1 Å². The zero-order valence-electron chi connectivity index (χ0n) is 16.2. The Morgan fingerprint density at radius 3 is 2.69 bits per heavy atom. The van der Waals surface area contributed by atoms with E-state index in [1.807, 2.05) is 26.0 Å². The highest BCUT2D eigenvalue weighted by Gasteiger charge is 2.25. The van der Waals surface area contributed by atoms with E-state index in [1.54, 1.807) is 0 Å². The van der Waals surface area contributed by atoms with Gasteiger partial charge in [-0.2, -0.15) is 0 Å². The van der Waals surface area contributed by atoms with Gasteiger partial charge in [0, 0.05) is 0 Å². The molecule has 1 aliphatic carbocycles. The predicted octanol–water partition coefficient (Wildman–Crippen LogP) is 5.08. The van der Waals surface area contributed by atoms with Crippen LogP contribution in [0.15, 0.2) is 42.5 Å². The van der Waals surface area contributed by atoms with Crippen LogP contribution in [0.2, 0.25) is 0 Å². The Hall–Kier alpha value is -2.29. The summed E-state index contributed by atoms with van der Waals surface area (Å²) >= 11 is 0. The van der Waals surface area contributed by atoms with Crippen LogP contribution in [-0.2, 0) is 11.2 Å². The molecule has 2 aromatic carbocycles. The van der Waals surface area contributed by atoms with E-state index in [9.17, 15) is 4.79 Å². The first-order valence-corrected chi connectivity index (χ1v) is 9.61. The van der Waals surface area contributed by atoms with Crippen LogP contribution in [0.1, 0.15) is 67.8 Å². The van der Waals surface area contributed by atoms with E-state index in [-0.39, 0.29) is 11.9 Å². The number of nitrogens with one attached hydrogen (secondary N) is 1. The second-order valence-corrected chi connectivity index (χ2v) is 7.61. The van der Waals surface area contributed by atoms with Crippen molar-refractivity contribution in [3.8, 4) is 5.75 Å². The number of amides is 1. The van der Waals surface area contributed by atoms with Crippen molar-refractivity contribution in [1.29, 1.82) is 0 Å². The highest BCUT2D eigenvalue weighted by Crippen LogP contribution is 2.30. The van der Waals surface area contributed by atoms with E-state index in [0.29, 0.717) is 5.92 Å². The quantitative estimate of drug-likeness (QED) is 0.816. The summed E-state index contributed by atoms with van der Waals surface area (Å²) in [6, 6.07) is 14.7. The first-order chi connectivity index (χ1) is 12.5. The third-order valence-corrected chi connectivity index (χ3v) is 5.15. The van der Waals surface area contributed by atoms with Crippen molar-refractivity contribution in [3.63, 3.8) is 0 Å². The minimum atomic E-state index is -0.525. The Kier molecular flexibility index (Phi) is 5.65. The lowest BCUT2D eigenvalue weighted by Gasteiger charge is -2.28. The van der Waals surface area contributed by atoms with E-state index in [4.69, 9.17) is 4.74 Å². The van der Waals surface area contributed by atoms with Crippen molar-refractivity contribution in [2.45, 2.75) is 65.0 Å². The number of carbonyl (C=O) groups excluding carboxylic acids is 1. The normalized spacial score (nSPS) is 17.5. The van der Waals surface area contributed by atoms with E-state index in [0.717, 1.165) is 36.1 Å². The summed E-state index contributed by atoms with van der Waals surface area (Å²) in [7, 11) is 0. The van der Waals surface area contributed by atoms with Gasteiger partial charge in [0.25, 0.3) is 5.91 Å². The van der Waals surface area contributed by atoms with Crippen molar-refractivity contribution in [2.24, 2.45) is 0 Å². The van der Waals surface area contributed by atoms with Crippen molar-refractivity contribution >= 4 is 5.91 Å². The fourth-order valence-corrected chi connectivity index (χ4v) is 3.66. The van der Waals surface area contributed by atoms with Crippen LogP contribution >= 0.6 is 0 Å². The maximum absolute atomic E-state index is 12.8. The smallest absolute Gasteiger partial charge is 0.261 e. The molecule has 0 saturated heterocycles. The summed E-state index contributed by atoms with van der Waals surface area (Å²) in [4.78, 5) is 12.8. The lowest BCUT2D eigenvalue weighted by molar-refractivity contribution is -0.128. The highest BCUT2D eigenvalue weighted by atomic mass is 16.5. The molecule has 3 nitrogen and oxygen atoms in total. The Morgan fingerprint density at radius 2 is 1.92 bits per heavy atom. The van der Waals surface area contributed by atoms with Crippen LogP contribution in [-0.4, -0.2) is 12.0 Å². The van der Waals surface area contributed by atoms with Gasteiger partial charge in [0.2, 0.25) is 0 Å². The predicted molar refractivity (Wildman–Crippen MR) is 106 cm³/mol. The van der Waals surface area contributed by atoms with Gasteiger partial charge in [-0.1, -0.05) is 50.2 Å². The van der Waals surface area contributed by atoms with Gasteiger partial charge in [0.05, 0.1) is 6.04 Å². The maximum atomic E-state index is 12.8. The monoisotopic (exact) mass is 351 g/mol. The Balaban J connectivity index is 1.71. The largest absolute Gasteiger partial charge is 0.481 e. The average Bonchev–Trinajstić information content (AvgIpc) is 2.61. The van der Waals surface area contributed by atoms with E-state index < -0.39 is 6.10 Å². The van der Waals surface area contributed by atoms with Crippen molar-refractivity contribution < 1.29 is 9.53 Å². The van der Waals surface area contributed by atoms with Crippen molar-refractivity contribution in [1.82, 2.24) is 5.32 Å². The van der Waals surface area contributed by atoms with E-state index in [2.05, 4.69) is 49.5 Å². The summed E-state index contributed by atoms with van der Waals surface area (Å²) in [5.41, 5.74) is 4.87. The first-order valence-electron chi connectivity index (χ1n) is 9.61. The molecule has 0 spiro atoms. The fraction of sp³-hybridized carbons (Fsp3) is 0.435. The lowest BCUT2D eigenvalue weighted by atomic mass is 9.87. The summed E-state index contributed by atoms with van der Waals surface area (Å²) < 4.78 is 6.07. The number of ether oxygens (including phenoxy) is 1. The molecule has 0 saturated carbocycles. The maximum Gasteiger partial charge on any atom is 0.261 e. The van der Waals surface area contributed by atoms with Crippen LogP contribution in [0.25, 0.3) is 0 Å². The standard InChI is InChI=1S/C23H29NO2/c1-15(2)19-13-12-16(3)14-22(19)26-17(4)23(25)24-21-11-7-9-18-8-5-6-10-20(18)21/h5-6,8,10,12-15,17,21H,7,9,11H2,1-4H3,(H,24,25)/t17-,21+/m1/s1. The zero-order chi connectivity index (χ0) is 18.7. The third kappa shape index (κ3) is 4.09. The summed E-state index contributed by atoms with van der Waals surface area (Å²) in [6.45, 7) is 8.15. The van der Waals surface area contributed by atoms with E-state index in [1.165, 1.54) is 11.1 Å². The number of hydrogen-bond acceptors (Lipinski definition) is 2. The number of benzene rings is 2. The number of aryl methyl sites for hydroxylation is 2. The molecule has 1 aliphatic rings. The molecular weight excluding hydrogens is 322 g/mol. The highest BCUT2D eigenvalue weighted by molar-refractivity contribution is 5.81. The van der Waals surface area contributed by atoms with Gasteiger partial charge in [0.15, 0.2) is 6.10 Å². The van der Waals surface area contributed by atoms with Crippen LogP contribution in [0, 0.1) is 6.92 Å². The minimum Gasteiger partial charge on any atom is -0.481 e. The lowest BCUT2D eigenvalue weighted by Crippen LogP contribution is -2.39. The van der Waals surface area contributed by atoms with Gasteiger partial charge in [-0.25, -0.2) is 0 Å². The molecule has 0 bridgehead atoms. The number of rotatable bonds is 5. The minimum absolute atomic E-state index is 0.0529. The number of hydrogen-bond donors (Lipinski definition) is 1. The van der Waals surface area contributed by atoms with Crippen molar-refractivity contribution in [2.75, 3.05) is 0 Å². The second kappa shape index (κ2) is 7.94. The molecule has 3 heteroatoms. The van der Waals surface area contributed by atoms with Gasteiger partial charge in [-0.05, 0) is 67.3 Å². The average molecular weight is 351 g/mol. The molecule has 1 amide bonds. The first kappa shape index (κ1) is 18.5. The van der Waals surface area contributed by atoms with Crippen LogP contribution in [0.3, 0.4) is 0 Å². The summed E-state index contributed by atoms with van der Waals surface area (Å²) in [5, 5.41) is 3.19. The molecule has 0 aliphatic heterocycles. The Bertz CT molecular complexity index is 782. The van der Waals surface area contributed by atoms with E-state index >= 15 is 0 Å². The molecule has 0 fully saturated rings. The Morgan fingerprint density at radius 1 is 1.15 bits per heavy atom. The van der Waals surface area contributed by atoms with Gasteiger partial charge >= 0.3 is 0 Å². The molecule has 138 valence electrons. The molecule has 0 aromatic heterocycles. The molecule has 3 rings (SSSR count). The molecule has 2 aromatic rings. The molecule has 0 heterocycles. The van der Waals surface area contributed by atoms with Gasteiger partial charge in [-0.15, -0.1) is 0 Å². The Labute approximate surface area is 156 Å². The summed E-state index contributed by atoms with van der Waals surface area (Å²) in [5.74, 6) is 1.11. The molecular formula is C23H29NO2.